The molecule has 0 unspecified atom stereocenters. The van der Waals surface area contributed by atoms with Crippen molar-refractivity contribution in [2.45, 2.75) is 5.75 Å². The molecule has 0 fully saturated rings. The van der Waals surface area contributed by atoms with Gasteiger partial charge in [-0.1, -0.05) is 46.3 Å². The molecule has 3 rings (SSSR count). The molecule has 2 amide bonds. The van der Waals surface area contributed by atoms with Gasteiger partial charge >= 0.3 is 0 Å². The van der Waals surface area contributed by atoms with E-state index in [0.29, 0.717) is 22.9 Å². The monoisotopic (exact) mass is 541 g/mol. The lowest BCUT2D eigenvalue weighted by Crippen LogP contribution is -2.20. The summed E-state index contributed by atoms with van der Waals surface area (Å²) in [5.74, 6) is 1.69. The number of nitrogens with one attached hydrogen (secondary N) is 2. The van der Waals surface area contributed by atoms with E-state index in [4.69, 9.17) is 9.47 Å². The number of nitrogens with zero attached hydrogens (tertiary/aromatic N) is 1. The van der Waals surface area contributed by atoms with E-state index in [1.54, 1.807) is 49.7 Å². The van der Waals surface area contributed by atoms with E-state index in [1.807, 2.05) is 36.4 Å². The molecular formula is C25H24BrN3O4S. The molecule has 0 bridgehead atoms. The third-order valence-electron chi connectivity index (χ3n) is 4.48. The van der Waals surface area contributed by atoms with E-state index in [1.165, 1.54) is 11.8 Å². The zero-order valence-electron chi connectivity index (χ0n) is 18.5. The highest BCUT2D eigenvalue weighted by Gasteiger charge is 2.08. The van der Waals surface area contributed by atoms with Gasteiger partial charge in [0, 0.05) is 10.2 Å². The number of carbonyl (C=O) groups is 2. The predicted molar refractivity (Wildman–Crippen MR) is 140 cm³/mol. The van der Waals surface area contributed by atoms with Gasteiger partial charge in [-0.25, -0.2) is 5.43 Å². The van der Waals surface area contributed by atoms with Crippen molar-refractivity contribution in [2.75, 3.05) is 24.8 Å². The highest BCUT2D eigenvalue weighted by atomic mass is 79.9. The van der Waals surface area contributed by atoms with Crippen molar-refractivity contribution in [3.05, 3.63) is 88.4 Å². The van der Waals surface area contributed by atoms with Crippen molar-refractivity contribution < 1.29 is 19.1 Å². The summed E-state index contributed by atoms with van der Waals surface area (Å²) in [6, 6.07) is 22.1. The molecule has 0 saturated heterocycles. The fourth-order valence-corrected chi connectivity index (χ4v) is 4.25. The molecule has 0 spiro atoms. The minimum atomic E-state index is -0.296. The van der Waals surface area contributed by atoms with Crippen molar-refractivity contribution in [2.24, 2.45) is 5.10 Å². The van der Waals surface area contributed by atoms with Crippen molar-refractivity contribution in [1.29, 1.82) is 0 Å². The number of hydrogen-bond donors (Lipinski definition) is 2. The second-order valence-electron chi connectivity index (χ2n) is 6.98. The van der Waals surface area contributed by atoms with Crippen LogP contribution in [-0.2, 0) is 15.3 Å². The van der Waals surface area contributed by atoms with Crippen LogP contribution in [0, 0.1) is 0 Å². The Morgan fingerprint density at radius 1 is 1.00 bits per heavy atom. The molecule has 176 valence electrons. The van der Waals surface area contributed by atoms with Gasteiger partial charge in [0.2, 0.25) is 5.91 Å². The first kappa shape index (κ1) is 25.3. The quantitative estimate of drug-likeness (QED) is 0.267. The second kappa shape index (κ2) is 13.4. The molecule has 9 heteroatoms. The van der Waals surface area contributed by atoms with Gasteiger partial charge in [0.15, 0.2) is 6.61 Å². The molecular weight excluding hydrogens is 518 g/mol. The van der Waals surface area contributed by atoms with Gasteiger partial charge in [0.25, 0.3) is 5.91 Å². The minimum absolute atomic E-state index is 0.140. The molecule has 0 atom stereocenters. The molecule has 0 aliphatic carbocycles. The number of amides is 2. The maximum absolute atomic E-state index is 12.1. The standard InChI is InChI=1S/C25H24BrN3O4S/c1-32-23-9-5-4-8-22(23)28-24(30)15-33-20-12-10-18(11-13-20)14-27-29-25(31)17-34-16-19-6-2-3-7-21(19)26/h2-14H,15-17H2,1H3,(H,28,30)(H,29,31)/b27-14+. The Labute approximate surface area is 211 Å². The number of halogens is 1. The average molecular weight is 542 g/mol. The zero-order chi connectivity index (χ0) is 24.2. The van der Waals surface area contributed by atoms with Crippen LogP contribution in [0.4, 0.5) is 5.69 Å². The lowest BCUT2D eigenvalue weighted by molar-refractivity contribution is -0.119. The zero-order valence-corrected chi connectivity index (χ0v) is 20.9. The third kappa shape index (κ3) is 8.24. The van der Waals surface area contributed by atoms with E-state index in [-0.39, 0.29) is 18.4 Å². The van der Waals surface area contributed by atoms with Crippen LogP contribution >= 0.6 is 27.7 Å². The highest BCUT2D eigenvalue weighted by Crippen LogP contribution is 2.23. The number of methoxy groups -OCH3 is 1. The third-order valence-corrected chi connectivity index (χ3v) is 6.24. The van der Waals surface area contributed by atoms with Gasteiger partial charge in [0.1, 0.15) is 11.5 Å². The number of rotatable bonds is 11. The van der Waals surface area contributed by atoms with Crippen LogP contribution in [0.25, 0.3) is 0 Å². The van der Waals surface area contributed by atoms with E-state index >= 15 is 0 Å². The molecule has 0 heterocycles. The smallest absolute Gasteiger partial charge is 0.262 e. The van der Waals surface area contributed by atoms with Crippen LogP contribution in [0.1, 0.15) is 11.1 Å². The Kier molecular flexibility index (Phi) is 9.99. The Morgan fingerprint density at radius 3 is 2.50 bits per heavy atom. The molecule has 0 radical (unpaired) electrons. The fourth-order valence-electron chi connectivity index (χ4n) is 2.81. The highest BCUT2D eigenvalue weighted by molar-refractivity contribution is 9.10. The van der Waals surface area contributed by atoms with Crippen LogP contribution in [0.15, 0.2) is 82.4 Å². The van der Waals surface area contributed by atoms with Crippen molar-refractivity contribution >= 4 is 51.4 Å². The first-order valence-electron chi connectivity index (χ1n) is 10.3. The fraction of sp³-hybridized carbons (Fsp3) is 0.160. The van der Waals surface area contributed by atoms with Gasteiger partial charge in [-0.2, -0.15) is 5.10 Å². The van der Waals surface area contributed by atoms with Crippen LogP contribution < -0.4 is 20.2 Å². The number of carbonyl (C=O) groups excluding carboxylic acids is 2. The van der Waals surface area contributed by atoms with Gasteiger partial charge in [0.05, 0.1) is 24.8 Å². The molecule has 34 heavy (non-hydrogen) atoms. The number of anilines is 1. The topological polar surface area (TPSA) is 89.0 Å². The molecule has 0 aliphatic heterocycles. The lowest BCUT2D eigenvalue weighted by Gasteiger charge is -2.10. The predicted octanol–water partition coefficient (Wildman–Crippen LogP) is 4.86. The largest absolute Gasteiger partial charge is 0.495 e. The van der Waals surface area contributed by atoms with Crippen LogP contribution in [0.5, 0.6) is 11.5 Å². The summed E-state index contributed by atoms with van der Waals surface area (Å²) in [7, 11) is 1.54. The molecule has 0 saturated carbocycles. The van der Waals surface area contributed by atoms with Crippen molar-refractivity contribution in [1.82, 2.24) is 5.43 Å². The number of hydrazone groups is 1. The summed E-state index contributed by atoms with van der Waals surface area (Å²) in [4.78, 5) is 24.1. The summed E-state index contributed by atoms with van der Waals surface area (Å²) >= 11 is 5.02. The SMILES string of the molecule is COc1ccccc1NC(=O)COc1ccc(/C=N/NC(=O)CSCc2ccccc2Br)cc1. The van der Waals surface area contributed by atoms with E-state index in [0.717, 1.165) is 21.4 Å². The number of ether oxygens (including phenoxy) is 2. The van der Waals surface area contributed by atoms with Gasteiger partial charge in [-0.05, 0) is 53.6 Å². The van der Waals surface area contributed by atoms with Crippen LogP contribution in [-0.4, -0.2) is 37.5 Å². The Bertz CT molecular complexity index is 1140. The summed E-state index contributed by atoms with van der Waals surface area (Å²) in [5, 5.41) is 6.74. The Balaban J connectivity index is 1.38. The lowest BCUT2D eigenvalue weighted by atomic mass is 10.2. The maximum Gasteiger partial charge on any atom is 0.262 e. The van der Waals surface area contributed by atoms with Crippen LogP contribution in [0.2, 0.25) is 0 Å². The van der Waals surface area contributed by atoms with Crippen molar-refractivity contribution in [3.63, 3.8) is 0 Å². The Hall–Kier alpha value is -3.30. The molecule has 0 aliphatic rings. The molecule has 3 aromatic carbocycles. The Morgan fingerprint density at radius 2 is 1.74 bits per heavy atom. The first-order chi connectivity index (χ1) is 16.5. The minimum Gasteiger partial charge on any atom is -0.495 e. The maximum atomic E-state index is 12.1. The number of benzene rings is 3. The summed E-state index contributed by atoms with van der Waals surface area (Å²) in [5.41, 5.74) is 5.03. The number of hydrogen-bond acceptors (Lipinski definition) is 6. The molecule has 2 N–H and O–H groups in total. The summed E-state index contributed by atoms with van der Waals surface area (Å²) in [6.07, 6.45) is 1.55. The molecule has 3 aromatic rings. The summed E-state index contributed by atoms with van der Waals surface area (Å²) in [6.45, 7) is -0.140. The van der Waals surface area contributed by atoms with Crippen molar-refractivity contribution in [3.8, 4) is 11.5 Å². The number of para-hydroxylation sites is 2. The van der Waals surface area contributed by atoms with Gasteiger partial charge in [-0.15, -0.1) is 11.8 Å². The normalized spacial score (nSPS) is 10.6. The second-order valence-corrected chi connectivity index (χ2v) is 8.82. The molecule has 7 nitrogen and oxygen atoms in total. The summed E-state index contributed by atoms with van der Waals surface area (Å²) < 4.78 is 11.8. The van der Waals surface area contributed by atoms with Gasteiger partial charge < -0.3 is 14.8 Å². The van der Waals surface area contributed by atoms with Crippen LogP contribution in [0.3, 0.4) is 0 Å². The van der Waals surface area contributed by atoms with E-state index in [9.17, 15) is 9.59 Å². The first-order valence-corrected chi connectivity index (χ1v) is 12.3. The molecule has 0 aromatic heterocycles. The van der Waals surface area contributed by atoms with E-state index < -0.39 is 0 Å². The number of thioether (sulfide) groups is 1. The van der Waals surface area contributed by atoms with E-state index in [2.05, 4.69) is 31.8 Å². The average Bonchev–Trinajstić information content (AvgIpc) is 2.85. The van der Waals surface area contributed by atoms with Gasteiger partial charge in [-0.3, -0.25) is 9.59 Å².